The first-order chi connectivity index (χ1) is 7.45. The van der Waals surface area contributed by atoms with Crippen molar-refractivity contribution >= 4 is 11.8 Å². The number of carbonyl (C=O) groups excluding carboxylic acids is 2. The number of amides is 2. The normalized spacial score (nSPS) is 18.7. The maximum Gasteiger partial charge on any atom is 0.240 e. The van der Waals surface area contributed by atoms with Crippen LogP contribution in [0.25, 0.3) is 0 Å². The van der Waals surface area contributed by atoms with E-state index < -0.39 is 5.54 Å². The molecule has 5 heteroatoms. The first-order valence-corrected chi connectivity index (χ1v) is 5.82. The Balaban J connectivity index is 2.24. The van der Waals surface area contributed by atoms with Gasteiger partial charge in [-0.1, -0.05) is 13.3 Å². The van der Waals surface area contributed by atoms with Gasteiger partial charge in [-0.3, -0.25) is 9.59 Å². The lowest BCUT2D eigenvalue weighted by atomic mass is 9.97. The number of carbonyl (C=O) groups is 2. The smallest absolute Gasteiger partial charge is 0.240 e. The van der Waals surface area contributed by atoms with Crippen LogP contribution in [0.4, 0.5) is 0 Å². The van der Waals surface area contributed by atoms with E-state index in [0.717, 1.165) is 19.3 Å². The molecule has 1 rings (SSSR count). The van der Waals surface area contributed by atoms with Gasteiger partial charge in [-0.15, -0.1) is 0 Å². The van der Waals surface area contributed by atoms with Gasteiger partial charge in [-0.25, -0.2) is 0 Å². The summed E-state index contributed by atoms with van der Waals surface area (Å²) in [5, 5.41) is 5.36. The van der Waals surface area contributed by atoms with Gasteiger partial charge in [0.2, 0.25) is 11.8 Å². The fraction of sp³-hybridized carbons (Fsp3) is 0.818. The number of nitrogens with two attached hydrogens (primary N) is 1. The molecule has 0 aliphatic heterocycles. The van der Waals surface area contributed by atoms with Gasteiger partial charge in [0.05, 0.1) is 12.1 Å². The van der Waals surface area contributed by atoms with Crippen LogP contribution in [-0.4, -0.2) is 29.9 Å². The van der Waals surface area contributed by atoms with Gasteiger partial charge in [0.1, 0.15) is 0 Å². The summed E-state index contributed by atoms with van der Waals surface area (Å²) in [6.07, 6.45) is 3.55. The Kier molecular flexibility index (Phi) is 4.29. The molecule has 1 aliphatic rings. The standard InChI is InChI=1S/C11H21N3O2/c1-3-6-11(2,12)10(16)13-7-9(15)14-8-4-5-8/h8H,3-7,12H2,1-2H3,(H,13,16)(H,14,15). The van der Waals surface area contributed by atoms with Crippen molar-refractivity contribution in [3.05, 3.63) is 0 Å². The molecule has 1 fully saturated rings. The average Bonchev–Trinajstić information content (AvgIpc) is 2.97. The largest absolute Gasteiger partial charge is 0.352 e. The SMILES string of the molecule is CCCC(C)(N)C(=O)NCC(=O)NC1CC1. The molecule has 1 unspecified atom stereocenters. The molecule has 1 aliphatic carbocycles. The molecule has 2 amide bonds. The second-order valence-corrected chi connectivity index (χ2v) is 4.69. The number of hydrogen-bond donors (Lipinski definition) is 3. The molecule has 4 N–H and O–H groups in total. The van der Waals surface area contributed by atoms with Crippen LogP contribution < -0.4 is 16.4 Å². The third-order valence-corrected chi connectivity index (χ3v) is 2.64. The van der Waals surface area contributed by atoms with Crippen LogP contribution in [0.15, 0.2) is 0 Å². The van der Waals surface area contributed by atoms with Gasteiger partial charge >= 0.3 is 0 Å². The summed E-state index contributed by atoms with van der Waals surface area (Å²) < 4.78 is 0. The van der Waals surface area contributed by atoms with E-state index in [-0.39, 0.29) is 18.4 Å². The van der Waals surface area contributed by atoms with E-state index in [4.69, 9.17) is 5.73 Å². The predicted octanol–water partition coefficient (Wildman–Crippen LogP) is -0.101. The first-order valence-electron chi connectivity index (χ1n) is 5.82. The zero-order chi connectivity index (χ0) is 12.2. The van der Waals surface area contributed by atoms with Gasteiger partial charge in [-0.05, 0) is 26.2 Å². The van der Waals surface area contributed by atoms with Gasteiger partial charge in [0, 0.05) is 6.04 Å². The Labute approximate surface area is 96.1 Å². The first kappa shape index (κ1) is 13.0. The fourth-order valence-corrected chi connectivity index (χ4v) is 1.50. The van der Waals surface area contributed by atoms with Gasteiger partial charge in [0.25, 0.3) is 0 Å². The molecule has 0 saturated heterocycles. The molecule has 1 saturated carbocycles. The third kappa shape index (κ3) is 4.18. The van der Waals surface area contributed by atoms with E-state index in [2.05, 4.69) is 10.6 Å². The van der Waals surface area contributed by atoms with Crippen molar-refractivity contribution in [2.75, 3.05) is 6.54 Å². The predicted molar refractivity (Wildman–Crippen MR) is 61.7 cm³/mol. The molecule has 1 atom stereocenters. The van der Waals surface area contributed by atoms with E-state index in [1.54, 1.807) is 6.92 Å². The molecule has 0 aromatic carbocycles. The van der Waals surface area contributed by atoms with E-state index in [9.17, 15) is 9.59 Å². The summed E-state index contributed by atoms with van der Waals surface area (Å²) in [6, 6.07) is 0.323. The molecule has 16 heavy (non-hydrogen) atoms. The molecule has 0 spiro atoms. The molecule has 0 heterocycles. The Morgan fingerprint density at radius 2 is 2.06 bits per heavy atom. The zero-order valence-electron chi connectivity index (χ0n) is 10.0. The maximum atomic E-state index is 11.6. The van der Waals surface area contributed by atoms with Crippen LogP contribution in [0.3, 0.4) is 0 Å². The lowest BCUT2D eigenvalue weighted by Gasteiger charge is -2.22. The van der Waals surface area contributed by atoms with Crippen LogP contribution in [0, 0.1) is 0 Å². The second-order valence-electron chi connectivity index (χ2n) is 4.69. The summed E-state index contributed by atoms with van der Waals surface area (Å²) in [6.45, 7) is 3.68. The van der Waals surface area contributed by atoms with Crippen LogP contribution >= 0.6 is 0 Å². The van der Waals surface area contributed by atoms with E-state index >= 15 is 0 Å². The van der Waals surface area contributed by atoms with Gasteiger partial charge in [-0.2, -0.15) is 0 Å². The van der Waals surface area contributed by atoms with Crippen LogP contribution in [0.1, 0.15) is 39.5 Å². The van der Waals surface area contributed by atoms with E-state index in [0.29, 0.717) is 12.5 Å². The summed E-state index contributed by atoms with van der Waals surface area (Å²) in [5.41, 5.74) is 4.95. The summed E-state index contributed by atoms with van der Waals surface area (Å²) >= 11 is 0. The second kappa shape index (κ2) is 5.30. The summed E-state index contributed by atoms with van der Waals surface area (Å²) in [7, 11) is 0. The Bertz CT molecular complexity index is 272. The molecular formula is C11H21N3O2. The minimum Gasteiger partial charge on any atom is -0.352 e. The summed E-state index contributed by atoms with van der Waals surface area (Å²) in [5.74, 6) is -0.400. The van der Waals surface area contributed by atoms with E-state index in [1.807, 2.05) is 6.92 Å². The molecular weight excluding hydrogens is 206 g/mol. The molecule has 0 aromatic heterocycles. The highest BCUT2D eigenvalue weighted by Gasteiger charge is 2.28. The van der Waals surface area contributed by atoms with Gasteiger partial charge in [0.15, 0.2) is 0 Å². The maximum absolute atomic E-state index is 11.6. The summed E-state index contributed by atoms with van der Waals surface area (Å²) in [4.78, 5) is 23.0. The van der Waals surface area contributed by atoms with Crippen molar-refractivity contribution in [3.8, 4) is 0 Å². The monoisotopic (exact) mass is 227 g/mol. The van der Waals surface area contributed by atoms with Crippen molar-refractivity contribution in [2.24, 2.45) is 5.73 Å². The highest BCUT2D eigenvalue weighted by atomic mass is 16.2. The van der Waals surface area contributed by atoms with Crippen molar-refractivity contribution in [3.63, 3.8) is 0 Å². The Hall–Kier alpha value is -1.10. The molecule has 92 valence electrons. The minimum atomic E-state index is -0.880. The van der Waals surface area contributed by atoms with Crippen molar-refractivity contribution < 1.29 is 9.59 Å². The Morgan fingerprint density at radius 3 is 2.56 bits per heavy atom. The number of rotatable bonds is 6. The minimum absolute atomic E-state index is 0.0197. The number of nitrogens with one attached hydrogen (secondary N) is 2. The van der Waals surface area contributed by atoms with Crippen LogP contribution in [0.2, 0.25) is 0 Å². The zero-order valence-corrected chi connectivity index (χ0v) is 10.0. The molecule has 5 nitrogen and oxygen atoms in total. The fourth-order valence-electron chi connectivity index (χ4n) is 1.50. The van der Waals surface area contributed by atoms with Crippen LogP contribution in [0.5, 0.6) is 0 Å². The van der Waals surface area contributed by atoms with Crippen LogP contribution in [-0.2, 0) is 9.59 Å². The Morgan fingerprint density at radius 1 is 1.44 bits per heavy atom. The lowest BCUT2D eigenvalue weighted by Crippen LogP contribution is -2.53. The van der Waals surface area contributed by atoms with Gasteiger partial charge < -0.3 is 16.4 Å². The average molecular weight is 227 g/mol. The molecule has 0 bridgehead atoms. The van der Waals surface area contributed by atoms with E-state index in [1.165, 1.54) is 0 Å². The number of hydrogen-bond acceptors (Lipinski definition) is 3. The van der Waals surface area contributed by atoms with Crippen molar-refractivity contribution in [1.82, 2.24) is 10.6 Å². The molecule has 0 aromatic rings. The highest BCUT2D eigenvalue weighted by molar-refractivity contribution is 5.89. The highest BCUT2D eigenvalue weighted by Crippen LogP contribution is 2.18. The molecule has 0 radical (unpaired) electrons. The topological polar surface area (TPSA) is 84.2 Å². The lowest BCUT2D eigenvalue weighted by molar-refractivity contribution is -0.129. The van der Waals surface area contributed by atoms with Crippen molar-refractivity contribution in [1.29, 1.82) is 0 Å². The van der Waals surface area contributed by atoms with Crippen molar-refractivity contribution in [2.45, 2.75) is 51.1 Å². The quantitative estimate of drug-likeness (QED) is 0.592. The third-order valence-electron chi connectivity index (χ3n) is 2.64.